The molecule has 1 aromatic heterocycles. The molecule has 0 saturated carbocycles. The van der Waals surface area contributed by atoms with E-state index in [1.165, 1.54) is 36.4 Å². The van der Waals surface area contributed by atoms with Gasteiger partial charge in [0.2, 0.25) is 0 Å². The summed E-state index contributed by atoms with van der Waals surface area (Å²) >= 11 is 6.17. The Morgan fingerprint density at radius 3 is 2.38 bits per heavy atom. The van der Waals surface area contributed by atoms with Gasteiger partial charge >= 0.3 is 5.97 Å². The maximum atomic E-state index is 12.6. The summed E-state index contributed by atoms with van der Waals surface area (Å²) in [6.45, 7) is -0.187. The average molecular weight is 485 g/mol. The van der Waals surface area contributed by atoms with E-state index in [-0.39, 0.29) is 40.7 Å². The van der Waals surface area contributed by atoms with Gasteiger partial charge in [-0.2, -0.15) is 0 Å². The predicted octanol–water partition coefficient (Wildman–Crippen LogP) is 1.92. The summed E-state index contributed by atoms with van der Waals surface area (Å²) in [5.74, 6) is -3.02. The van der Waals surface area contributed by atoms with Crippen molar-refractivity contribution in [3.05, 3.63) is 88.2 Å². The number of aromatic amines is 1. The van der Waals surface area contributed by atoms with Gasteiger partial charge in [-0.05, 0) is 48.0 Å². The van der Waals surface area contributed by atoms with Crippen LogP contribution in [0.5, 0.6) is 5.75 Å². The molecule has 3 amide bonds. The fraction of sp³-hybridized carbons (Fsp3) is 0.130. The number of aromatic nitrogens is 1. The number of carboxylic acids is 1. The van der Waals surface area contributed by atoms with Gasteiger partial charge in [-0.25, -0.2) is 4.79 Å². The Morgan fingerprint density at radius 1 is 0.941 bits per heavy atom. The quantitative estimate of drug-likeness (QED) is 0.272. The second-order valence-electron chi connectivity index (χ2n) is 7.21. The molecule has 0 spiro atoms. The van der Waals surface area contributed by atoms with Crippen LogP contribution in [0.3, 0.4) is 0 Å². The van der Waals surface area contributed by atoms with Crippen molar-refractivity contribution in [2.75, 3.05) is 6.54 Å². The zero-order valence-corrected chi connectivity index (χ0v) is 18.4. The summed E-state index contributed by atoms with van der Waals surface area (Å²) in [5.41, 5.74) is 1.10. The van der Waals surface area contributed by atoms with E-state index in [4.69, 9.17) is 11.6 Å². The number of carbonyl (C=O) groups excluding carboxylic acids is 3. The van der Waals surface area contributed by atoms with Gasteiger partial charge in [0.15, 0.2) is 0 Å². The molecule has 0 bridgehead atoms. The molecule has 0 fully saturated rings. The lowest BCUT2D eigenvalue weighted by atomic mass is 10.1. The number of benzene rings is 2. The second-order valence-corrected chi connectivity index (χ2v) is 7.61. The number of H-pyrrole nitrogens is 1. The molecule has 34 heavy (non-hydrogen) atoms. The number of rotatable bonds is 9. The third-order valence-electron chi connectivity index (χ3n) is 4.75. The van der Waals surface area contributed by atoms with E-state index < -0.39 is 29.7 Å². The minimum absolute atomic E-state index is 0.0341. The molecule has 11 heteroatoms. The van der Waals surface area contributed by atoms with Gasteiger partial charge < -0.3 is 31.1 Å². The van der Waals surface area contributed by atoms with E-state index in [1.54, 1.807) is 24.4 Å². The van der Waals surface area contributed by atoms with Crippen LogP contribution in [0.1, 0.15) is 36.8 Å². The molecule has 176 valence electrons. The zero-order valence-electron chi connectivity index (χ0n) is 17.7. The number of phenolic OH excluding ortho intramolecular Hbond substituents is 1. The number of carbonyl (C=O) groups is 4. The Morgan fingerprint density at radius 2 is 1.74 bits per heavy atom. The van der Waals surface area contributed by atoms with Crippen molar-refractivity contribution in [1.82, 2.24) is 20.9 Å². The van der Waals surface area contributed by atoms with E-state index in [0.29, 0.717) is 5.56 Å². The number of nitrogens with one attached hydrogen (secondary N) is 4. The number of aliphatic carboxylic acids is 1. The van der Waals surface area contributed by atoms with Crippen molar-refractivity contribution in [2.24, 2.45) is 0 Å². The molecule has 2 aromatic carbocycles. The first-order valence-corrected chi connectivity index (χ1v) is 10.4. The largest absolute Gasteiger partial charge is 0.508 e. The Kier molecular flexibility index (Phi) is 7.88. The third kappa shape index (κ3) is 6.36. The minimum atomic E-state index is -1.41. The smallest absolute Gasteiger partial charge is 0.328 e. The van der Waals surface area contributed by atoms with Gasteiger partial charge in [0.05, 0.1) is 10.6 Å². The molecule has 3 rings (SSSR count). The van der Waals surface area contributed by atoms with E-state index in [2.05, 4.69) is 20.9 Å². The normalized spacial score (nSPS) is 11.3. The molecule has 0 aliphatic rings. The molecule has 1 atom stereocenters. The van der Waals surface area contributed by atoms with Crippen molar-refractivity contribution in [3.63, 3.8) is 0 Å². The number of carboxylic acid groups (broad SMARTS) is 1. The Balaban J connectivity index is 1.60. The number of amides is 3. The molecule has 6 N–H and O–H groups in total. The lowest BCUT2D eigenvalue weighted by molar-refractivity contribution is -0.139. The van der Waals surface area contributed by atoms with Gasteiger partial charge in [-0.3, -0.25) is 14.4 Å². The fourth-order valence-corrected chi connectivity index (χ4v) is 3.26. The van der Waals surface area contributed by atoms with Crippen LogP contribution in [-0.2, 0) is 11.3 Å². The summed E-state index contributed by atoms with van der Waals surface area (Å²) in [4.78, 5) is 51.2. The average Bonchev–Trinajstić information content (AvgIpc) is 3.34. The van der Waals surface area contributed by atoms with Gasteiger partial charge in [0.1, 0.15) is 17.5 Å². The number of hydrogen-bond donors (Lipinski definition) is 6. The first-order chi connectivity index (χ1) is 16.2. The van der Waals surface area contributed by atoms with Crippen LogP contribution in [0.2, 0.25) is 5.02 Å². The summed E-state index contributed by atoms with van der Waals surface area (Å²) in [6.07, 6.45) is 1.55. The third-order valence-corrected chi connectivity index (χ3v) is 5.06. The van der Waals surface area contributed by atoms with Crippen LogP contribution >= 0.6 is 11.6 Å². The first kappa shape index (κ1) is 24.3. The maximum absolute atomic E-state index is 12.6. The number of hydrogen-bond acceptors (Lipinski definition) is 5. The SMILES string of the molecule is O=C(NCc1cccc(O)c1)c1ccc(C(=O)N[C@@H](CNC(=O)c2ccc[nH]2)C(=O)O)c(Cl)c1. The summed E-state index contributed by atoms with van der Waals surface area (Å²) < 4.78 is 0. The molecule has 10 nitrogen and oxygen atoms in total. The van der Waals surface area contributed by atoms with Crippen LogP contribution in [0.15, 0.2) is 60.8 Å². The summed E-state index contributed by atoms with van der Waals surface area (Å²) in [5, 5.41) is 26.2. The van der Waals surface area contributed by atoms with Gasteiger partial charge in [0, 0.05) is 24.8 Å². The lowest BCUT2D eigenvalue weighted by Gasteiger charge is -2.16. The van der Waals surface area contributed by atoms with Crippen LogP contribution in [0.25, 0.3) is 0 Å². The lowest BCUT2D eigenvalue weighted by Crippen LogP contribution is -2.48. The predicted molar refractivity (Wildman–Crippen MR) is 123 cm³/mol. The van der Waals surface area contributed by atoms with Crippen molar-refractivity contribution in [2.45, 2.75) is 12.6 Å². The molecule has 3 aromatic rings. The van der Waals surface area contributed by atoms with Crippen molar-refractivity contribution in [3.8, 4) is 5.75 Å². The fourth-order valence-electron chi connectivity index (χ4n) is 2.99. The topological polar surface area (TPSA) is 161 Å². The van der Waals surface area contributed by atoms with Crippen molar-refractivity contribution >= 4 is 35.3 Å². The minimum Gasteiger partial charge on any atom is -0.508 e. The number of phenols is 1. The molecular formula is C23H21ClN4O6. The monoisotopic (exact) mass is 484 g/mol. The standard InChI is InChI=1S/C23H21ClN4O6/c24-17-10-14(20(30)26-11-13-3-1-4-15(29)9-13)6-7-16(17)21(31)28-19(23(33)34)12-27-22(32)18-5-2-8-25-18/h1-10,19,25,29H,11-12H2,(H,26,30)(H,27,32)(H,28,31)(H,33,34)/t19-/m0/s1. The number of aromatic hydroxyl groups is 1. The van der Waals surface area contributed by atoms with Gasteiger partial charge in [-0.1, -0.05) is 23.7 Å². The highest BCUT2D eigenvalue weighted by Crippen LogP contribution is 2.19. The van der Waals surface area contributed by atoms with Crippen LogP contribution in [-0.4, -0.2) is 51.5 Å². The van der Waals surface area contributed by atoms with Crippen LogP contribution in [0, 0.1) is 0 Å². The maximum Gasteiger partial charge on any atom is 0.328 e. The van der Waals surface area contributed by atoms with E-state index >= 15 is 0 Å². The highest BCUT2D eigenvalue weighted by Gasteiger charge is 2.23. The summed E-state index contributed by atoms with van der Waals surface area (Å²) in [7, 11) is 0. The van der Waals surface area contributed by atoms with E-state index in [0.717, 1.165) is 0 Å². The van der Waals surface area contributed by atoms with Crippen molar-refractivity contribution in [1.29, 1.82) is 0 Å². The Labute approximate surface area is 198 Å². The molecular weight excluding hydrogens is 464 g/mol. The van der Waals surface area contributed by atoms with Crippen LogP contribution in [0.4, 0.5) is 0 Å². The number of halogens is 1. The van der Waals surface area contributed by atoms with Gasteiger partial charge in [-0.15, -0.1) is 0 Å². The van der Waals surface area contributed by atoms with Crippen molar-refractivity contribution < 1.29 is 29.4 Å². The highest BCUT2D eigenvalue weighted by atomic mass is 35.5. The van der Waals surface area contributed by atoms with E-state index in [1.807, 2.05) is 0 Å². The van der Waals surface area contributed by atoms with Crippen LogP contribution < -0.4 is 16.0 Å². The molecule has 1 heterocycles. The highest BCUT2D eigenvalue weighted by molar-refractivity contribution is 6.34. The summed E-state index contributed by atoms with van der Waals surface area (Å²) in [6, 6.07) is 12.1. The molecule has 0 aliphatic carbocycles. The molecule has 0 unspecified atom stereocenters. The molecule has 0 saturated heterocycles. The first-order valence-electron chi connectivity index (χ1n) is 10.1. The second kappa shape index (κ2) is 11.0. The molecule has 0 aliphatic heterocycles. The van der Waals surface area contributed by atoms with Gasteiger partial charge in [0.25, 0.3) is 17.7 Å². The Hall–Kier alpha value is -4.31. The Bertz CT molecular complexity index is 1210. The molecule has 0 radical (unpaired) electrons. The zero-order chi connectivity index (χ0) is 24.7. The van der Waals surface area contributed by atoms with E-state index in [9.17, 15) is 29.4 Å².